The molecule has 0 aromatic rings. The highest BCUT2D eigenvalue weighted by Gasteiger charge is 1.93. The normalized spacial score (nSPS) is 10.0. The van der Waals surface area contributed by atoms with Crippen molar-refractivity contribution in [2.24, 2.45) is 0 Å². The summed E-state index contributed by atoms with van der Waals surface area (Å²) >= 11 is 0. The second-order valence-electron chi connectivity index (χ2n) is 3.47. The van der Waals surface area contributed by atoms with Crippen LogP contribution in [-0.4, -0.2) is 24.6 Å². The van der Waals surface area contributed by atoms with Gasteiger partial charge in [0, 0.05) is 18.7 Å². The van der Waals surface area contributed by atoms with Gasteiger partial charge in [-0.2, -0.15) is 0 Å². The zero-order valence-corrected chi connectivity index (χ0v) is 8.65. The lowest BCUT2D eigenvalue weighted by molar-refractivity contribution is -0.117. The van der Waals surface area contributed by atoms with E-state index in [2.05, 4.69) is 5.32 Å². The van der Waals surface area contributed by atoms with E-state index in [0.717, 1.165) is 25.8 Å². The van der Waals surface area contributed by atoms with E-state index in [-0.39, 0.29) is 5.78 Å². The van der Waals surface area contributed by atoms with Gasteiger partial charge in [-0.25, -0.2) is 0 Å². The summed E-state index contributed by atoms with van der Waals surface area (Å²) < 4.78 is 0. The third-order valence-corrected chi connectivity index (χ3v) is 1.77. The standard InChI is InChI=1S/C10H20N2O/c1-9(11)8-12-7-5-3-4-6-10(2)13/h11-12H,3-8H2,1-2H3. The highest BCUT2D eigenvalue weighted by atomic mass is 16.1. The molecule has 0 fully saturated rings. The summed E-state index contributed by atoms with van der Waals surface area (Å²) in [6.07, 6.45) is 3.91. The zero-order valence-electron chi connectivity index (χ0n) is 8.65. The fourth-order valence-electron chi connectivity index (χ4n) is 1.08. The molecule has 0 aliphatic rings. The summed E-state index contributed by atoms with van der Waals surface area (Å²) in [5, 5.41) is 10.3. The Bertz CT molecular complexity index is 148. The predicted octanol–water partition coefficient (Wildman–Crippen LogP) is 1.77. The molecule has 0 amide bonds. The first-order valence-electron chi connectivity index (χ1n) is 4.87. The highest BCUT2D eigenvalue weighted by molar-refractivity contribution is 5.80. The first-order valence-corrected chi connectivity index (χ1v) is 4.87. The molecule has 76 valence electrons. The van der Waals surface area contributed by atoms with Gasteiger partial charge in [0.05, 0.1) is 0 Å². The van der Waals surface area contributed by atoms with Gasteiger partial charge in [0.2, 0.25) is 0 Å². The Balaban J connectivity index is 3.00. The van der Waals surface area contributed by atoms with Crippen molar-refractivity contribution < 1.29 is 4.79 Å². The third-order valence-electron chi connectivity index (χ3n) is 1.77. The topological polar surface area (TPSA) is 53.0 Å². The lowest BCUT2D eigenvalue weighted by atomic mass is 10.1. The Morgan fingerprint density at radius 2 is 1.92 bits per heavy atom. The van der Waals surface area contributed by atoms with E-state index in [1.807, 2.05) is 0 Å². The number of hydrogen-bond donors (Lipinski definition) is 2. The number of unbranched alkanes of at least 4 members (excludes halogenated alkanes) is 2. The van der Waals surface area contributed by atoms with Crippen LogP contribution in [0.2, 0.25) is 0 Å². The Kier molecular flexibility index (Phi) is 7.50. The molecule has 3 heteroatoms. The summed E-state index contributed by atoms with van der Waals surface area (Å²) in [6.45, 7) is 5.07. The first-order chi connectivity index (χ1) is 6.13. The van der Waals surface area contributed by atoms with Crippen LogP contribution in [-0.2, 0) is 4.79 Å². The molecule has 0 radical (unpaired) electrons. The van der Waals surface area contributed by atoms with E-state index in [4.69, 9.17) is 5.41 Å². The second kappa shape index (κ2) is 7.92. The fraction of sp³-hybridized carbons (Fsp3) is 0.800. The summed E-state index contributed by atoms with van der Waals surface area (Å²) in [4.78, 5) is 10.6. The lowest BCUT2D eigenvalue weighted by Crippen LogP contribution is -2.21. The van der Waals surface area contributed by atoms with Crippen molar-refractivity contribution in [2.75, 3.05) is 13.1 Å². The molecular weight excluding hydrogens is 164 g/mol. The quantitative estimate of drug-likeness (QED) is 0.446. The molecule has 0 aliphatic heterocycles. The third kappa shape index (κ3) is 11.3. The van der Waals surface area contributed by atoms with E-state index >= 15 is 0 Å². The van der Waals surface area contributed by atoms with Crippen molar-refractivity contribution in [1.82, 2.24) is 5.32 Å². The first kappa shape index (κ1) is 12.3. The van der Waals surface area contributed by atoms with Crippen molar-refractivity contribution in [3.05, 3.63) is 0 Å². The van der Waals surface area contributed by atoms with Crippen molar-refractivity contribution in [3.8, 4) is 0 Å². The molecule has 0 atom stereocenters. The van der Waals surface area contributed by atoms with Gasteiger partial charge in [-0.1, -0.05) is 6.42 Å². The van der Waals surface area contributed by atoms with Gasteiger partial charge < -0.3 is 15.5 Å². The minimum Gasteiger partial charge on any atom is -0.311 e. The smallest absolute Gasteiger partial charge is 0.129 e. The molecule has 0 saturated carbocycles. The molecule has 0 unspecified atom stereocenters. The minimum atomic E-state index is 0.281. The average Bonchev–Trinajstić information content (AvgIpc) is 2.01. The predicted molar refractivity (Wildman–Crippen MR) is 55.4 cm³/mol. The Labute approximate surface area is 80.4 Å². The molecule has 2 N–H and O–H groups in total. The van der Waals surface area contributed by atoms with Crippen LogP contribution in [0.25, 0.3) is 0 Å². The van der Waals surface area contributed by atoms with Crippen LogP contribution in [0.3, 0.4) is 0 Å². The monoisotopic (exact) mass is 184 g/mol. The summed E-state index contributed by atoms with van der Waals surface area (Å²) in [6, 6.07) is 0. The molecule has 0 aromatic carbocycles. The molecular formula is C10H20N2O. The molecule has 0 spiro atoms. The van der Waals surface area contributed by atoms with Crippen LogP contribution < -0.4 is 5.32 Å². The minimum absolute atomic E-state index is 0.281. The van der Waals surface area contributed by atoms with Gasteiger partial charge in [-0.05, 0) is 33.2 Å². The number of carbonyl (C=O) groups excluding carboxylic acids is 1. The molecule has 0 aliphatic carbocycles. The lowest BCUT2D eigenvalue weighted by Gasteiger charge is -2.02. The van der Waals surface area contributed by atoms with E-state index < -0.39 is 0 Å². The number of nitrogens with one attached hydrogen (secondary N) is 2. The highest BCUT2D eigenvalue weighted by Crippen LogP contribution is 1.98. The maximum absolute atomic E-state index is 10.6. The second-order valence-corrected chi connectivity index (χ2v) is 3.47. The van der Waals surface area contributed by atoms with Crippen LogP contribution in [0.1, 0.15) is 39.5 Å². The van der Waals surface area contributed by atoms with Crippen molar-refractivity contribution in [1.29, 1.82) is 5.41 Å². The largest absolute Gasteiger partial charge is 0.311 e. The van der Waals surface area contributed by atoms with E-state index in [9.17, 15) is 4.79 Å². The van der Waals surface area contributed by atoms with Crippen LogP contribution in [0.4, 0.5) is 0 Å². The van der Waals surface area contributed by atoms with Crippen LogP contribution in [0, 0.1) is 5.41 Å². The van der Waals surface area contributed by atoms with Gasteiger partial charge in [-0.15, -0.1) is 0 Å². The van der Waals surface area contributed by atoms with Crippen molar-refractivity contribution in [2.45, 2.75) is 39.5 Å². The van der Waals surface area contributed by atoms with Gasteiger partial charge in [0.25, 0.3) is 0 Å². The summed E-state index contributed by atoms with van der Waals surface area (Å²) in [5.74, 6) is 0.281. The van der Waals surface area contributed by atoms with Crippen molar-refractivity contribution in [3.63, 3.8) is 0 Å². The zero-order chi connectivity index (χ0) is 10.1. The SMILES string of the molecule is CC(=N)CNCCCCCC(C)=O. The molecule has 0 saturated heterocycles. The van der Waals surface area contributed by atoms with Crippen molar-refractivity contribution >= 4 is 11.5 Å². The van der Waals surface area contributed by atoms with Crippen LogP contribution in [0.15, 0.2) is 0 Å². The van der Waals surface area contributed by atoms with Gasteiger partial charge >= 0.3 is 0 Å². The number of rotatable bonds is 8. The molecule has 0 aromatic heterocycles. The Morgan fingerprint density at radius 3 is 2.46 bits per heavy atom. The maximum atomic E-state index is 10.6. The fourth-order valence-corrected chi connectivity index (χ4v) is 1.08. The number of Topliss-reactive ketones (excluding diaryl/α,β-unsaturated/α-hetero) is 1. The molecule has 0 heterocycles. The van der Waals surface area contributed by atoms with Gasteiger partial charge in [0.15, 0.2) is 0 Å². The summed E-state index contributed by atoms with van der Waals surface area (Å²) in [5.41, 5.74) is 0.670. The average molecular weight is 184 g/mol. The summed E-state index contributed by atoms with van der Waals surface area (Å²) in [7, 11) is 0. The maximum Gasteiger partial charge on any atom is 0.129 e. The molecule has 13 heavy (non-hydrogen) atoms. The Morgan fingerprint density at radius 1 is 1.23 bits per heavy atom. The van der Waals surface area contributed by atoms with E-state index in [1.54, 1.807) is 13.8 Å². The molecule has 0 rings (SSSR count). The van der Waals surface area contributed by atoms with Crippen LogP contribution >= 0.6 is 0 Å². The Hall–Kier alpha value is -0.700. The van der Waals surface area contributed by atoms with Gasteiger partial charge in [0.1, 0.15) is 5.78 Å². The number of hydrogen-bond acceptors (Lipinski definition) is 3. The number of carbonyl (C=O) groups is 1. The number of ketones is 1. The van der Waals surface area contributed by atoms with E-state index in [1.165, 1.54) is 0 Å². The molecule has 0 bridgehead atoms. The molecule has 3 nitrogen and oxygen atoms in total. The van der Waals surface area contributed by atoms with Crippen LogP contribution in [0.5, 0.6) is 0 Å². The van der Waals surface area contributed by atoms with Gasteiger partial charge in [-0.3, -0.25) is 0 Å². The van der Waals surface area contributed by atoms with E-state index in [0.29, 0.717) is 18.7 Å².